The van der Waals surface area contributed by atoms with Gasteiger partial charge in [0.05, 0.1) is 6.10 Å². The predicted molar refractivity (Wildman–Crippen MR) is 64.3 cm³/mol. The lowest BCUT2D eigenvalue weighted by molar-refractivity contribution is 0.151. The highest BCUT2D eigenvalue weighted by atomic mass is 32.1. The van der Waals surface area contributed by atoms with Gasteiger partial charge in [-0.25, -0.2) is 0 Å². The number of aliphatic hydroxyl groups excluding tert-OH is 1. The van der Waals surface area contributed by atoms with Crippen molar-refractivity contribution in [1.82, 2.24) is 4.90 Å². The third-order valence-corrected chi connectivity index (χ3v) is 4.24. The molecule has 0 unspecified atom stereocenters. The molecule has 3 heteroatoms. The van der Waals surface area contributed by atoms with E-state index in [-0.39, 0.29) is 6.10 Å². The minimum atomic E-state index is -0.259. The molecule has 0 aliphatic carbocycles. The smallest absolute Gasteiger partial charge is 0.0896 e. The summed E-state index contributed by atoms with van der Waals surface area (Å²) in [5, 5.41) is 12.1. The van der Waals surface area contributed by atoms with Gasteiger partial charge in [0.1, 0.15) is 0 Å². The van der Waals surface area contributed by atoms with Crippen LogP contribution in [0.5, 0.6) is 0 Å². The van der Waals surface area contributed by atoms with Gasteiger partial charge in [0, 0.05) is 11.4 Å². The molecule has 0 radical (unpaired) electrons. The van der Waals surface area contributed by atoms with Crippen LogP contribution in [0.15, 0.2) is 11.4 Å². The first-order chi connectivity index (χ1) is 7.27. The number of thiophene rings is 1. The van der Waals surface area contributed by atoms with Gasteiger partial charge in [0.15, 0.2) is 0 Å². The molecule has 1 aromatic heterocycles. The van der Waals surface area contributed by atoms with Gasteiger partial charge in [-0.1, -0.05) is 0 Å². The van der Waals surface area contributed by atoms with Gasteiger partial charge in [-0.15, -0.1) is 11.3 Å². The van der Waals surface area contributed by atoms with Crippen molar-refractivity contribution in [1.29, 1.82) is 0 Å². The normalized spacial score (nSPS) is 19.6. The maximum Gasteiger partial charge on any atom is 0.0896 e. The number of rotatable bonds is 4. The minimum absolute atomic E-state index is 0.259. The van der Waals surface area contributed by atoms with Crippen molar-refractivity contribution in [3.05, 3.63) is 21.9 Å². The molecule has 2 rings (SSSR count). The van der Waals surface area contributed by atoms with E-state index in [9.17, 15) is 5.11 Å². The van der Waals surface area contributed by atoms with Crippen LogP contribution < -0.4 is 0 Å². The first-order valence-corrected chi connectivity index (χ1v) is 6.60. The Morgan fingerprint density at radius 2 is 2.20 bits per heavy atom. The fourth-order valence-electron chi connectivity index (χ4n) is 2.17. The molecule has 1 N–H and O–H groups in total. The van der Waals surface area contributed by atoms with Crippen LogP contribution in [0.1, 0.15) is 35.8 Å². The molecule has 0 saturated carbocycles. The number of hydrogen-bond acceptors (Lipinski definition) is 3. The fraction of sp³-hybridized carbons (Fsp3) is 0.667. The first kappa shape index (κ1) is 11.1. The zero-order valence-corrected chi connectivity index (χ0v) is 10.1. The molecule has 1 aromatic rings. The Morgan fingerprint density at radius 1 is 1.47 bits per heavy atom. The Hall–Kier alpha value is -0.380. The van der Waals surface area contributed by atoms with Crippen molar-refractivity contribution < 1.29 is 5.11 Å². The average Bonchev–Trinajstić information content (AvgIpc) is 2.84. The van der Waals surface area contributed by atoms with E-state index in [2.05, 4.69) is 23.3 Å². The van der Waals surface area contributed by atoms with Crippen LogP contribution in [0.2, 0.25) is 0 Å². The first-order valence-electron chi connectivity index (χ1n) is 5.72. The van der Waals surface area contributed by atoms with Crippen LogP contribution in [0.3, 0.4) is 0 Å². The molecular weight excluding hydrogens is 206 g/mol. The summed E-state index contributed by atoms with van der Waals surface area (Å²) in [7, 11) is 0. The largest absolute Gasteiger partial charge is 0.388 e. The van der Waals surface area contributed by atoms with E-state index in [1.54, 1.807) is 11.3 Å². The molecule has 2 heterocycles. The van der Waals surface area contributed by atoms with Gasteiger partial charge in [-0.05, 0) is 56.3 Å². The van der Waals surface area contributed by atoms with Gasteiger partial charge < -0.3 is 10.0 Å². The fourth-order valence-corrected chi connectivity index (χ4v) is 3.12. The topological polar surface area (TPSA) is 23.5 Å². The van der Waals surface area contributed by atoms with E-state index >= 15 is 0 Å². The van der Waals surface area contributed by atoms with Gasteiger partial charge in [0.2, 0.25) is 0 Å². The summed E-state index contributed by atoms with van der Waals surface area (Å²) in [6, 6.07) is 2.08. The number of likely N-dealkylation sites (tertiary alicyclic amines) is 1. The van der Waals surface area contributed by atoms with Crippen molar-refractivity contribution in [3.8, 4) is 0 Å². The lowest BCUT2D eigenvalue weighted by Gasteiger charge is -2.17. The molecule has 1 saturated heterocycles. The number of aryl methyl sites for hydroxylation is 1. The van der Waals surface area contributed by atoms with Crippen LogP contribution in [0.4, 0.5) is 0 Å². The molecule has 0 amide bonds. The minimum Gasteiger partial charge on any atom is -0.388 e. The van der Waals surface area contributed by atoms with Crippen LogP contribution in [0.25, 0.3) is 0 Å². The summed E-state index contributed by atoms with van der Waals surface area (Å²) in [4.78, 5) is 3.60. The highest BCUT2D eigenvalue weighted by molar-refractivity contribution is 7.10. The Morgan fingerprint density at radius 3 is 2.80 bits per heavy atom. The maximum atomic E-state index is 10.0. The molecule has 0 bridgehead atoms. The van der Waals surface area contributed by atoms with E-state index in [0.717, 1.165) is 17.8 Å². The summed E-state index contributed by atoms with van der Waals surface area (Å²) in [5.41, 5.74) is 1.23. The second kappa shape index (κ2) is 5.10. The van der Waals surface area contributed by atoms with Crippen molar-refractivity contribution >= 4 is 11.3 Å². The standard InChI is InChI=1S/C12H19NOS/c1-10-5-9-15-12(10)11(14)4-8-13-6-2-3-7-13/h5,9,11,14H,2-4,6-8H2,1H3/t11-/m0/s1. The number of aliphatic hydroxyl groups is 1. The molecule has 1 atom stereocenters. The molecule has 0 aromatic carbocycles. The number of hydrogen-bond donors (Lipinski definition) is 1. The van der Waals surface area contributed by atoms with Crippen LogP contribution in [-0.2, 0) is 0 Å². The SMILES string of the molecule is Cc1ccsc1[C@@H](O)CCN1CCCC1. The molecule has 1 aliphatic rings. The monoisotopic (exact) mass is 225 g/mol. The van der Waals surface area contributed by atoms with Gasteiger partial charge in [-0.2, -0.15) is 0 Å². The lowest BCUT2D eigenvalue weighted by Crippen LogP contribution is -2.22. The van der Waals surface area contributed by atoms with E-state index < -0.39 is 0 Å². The summed E-state index contributed by atoms with van der Waals surface area (Å²) < 4.78 is 0. The molecule has 1 aliphatic heterocycles. The van der Waals surface area contributed by atoms with E-state index in [1.165, 1.54) is 31.5 Å². The van der Waals surface area contributed by atoms with Gasteiger partial charge in [0.25, 0.3) is 0 Å². The average molecular weight is 225 g/mol. The third kappa shape index (κ3) is 2.80. The van der Waals surface area contributed by atoms with E-state index in [0.29, 0.717) is 0 Å². The van der Waals surface area contributed by atoms with Crippen LogP contribution in [-0.4, -0.2) is 29.6 Å². The Kier molecular flexibility index (Phi) is 3.78. The molecule has 84 valence electrons. The summed E-state index contributed by atoms with van der Waals surface area (Å²) in [6.45, 7) is 5.55. The van der Waals surface area contributed by atoms with Crippen molar-refractivity contribution in [3.63, 3.8) is 0 Å². The van der Waals surface area contributed by atoms with Gasteiger partial charge in [-0.3, -0.25) is 0 Å². The molecule has 1 fully saturated rings. The Bertz CT molecular complexity index is 304. The second-order valence-electron chi connectivity index (χ2n) is 4.32. The van der Waals surface area contributed by atoms with Crippen molar-refractivity contribution in [2.24, 2.45) is 0 Å². The van der Waals surface area contributed by atoms with Crippen molar-refractivity contribution in [2.75, 3.05) is 19.6 Å². The summed E-state index contributed by atoms with van der Waals surface area (Å²) >= 11 is 1.67. The lowest BCUT2D eigenvalue weighted by atomic mass is 10.1. The molecule has 0 spiro atoms. The molecule has 15 heavy (non-hydrogen) atoms. The van der Waals surface area contributed by atoms with Crippen LogP contribution in [0, 0.1) is 6.92 Å². The zero-order valence-electron chi connectivity index (χ0n) is 9.28. The van der Waals surface area contributed by atoms with E-state index in [1.807, 2.05) is 0 Å². The Labute approximate surface area is 95.5 Å². The van der Waals surface area contributed by atoms with E-state index in [4.69, 9.17) is 0 Å². The number of nitrogens with zero attached hydrogens (tertiary/aromatic N) is 1. The highest BCUT2D eigenvalue weighted by Gasteiger charge is 2.16. The maximum absolute atomic E-state index is 10.0. The Balaban J connectivity index is 1.81. The van der Waals surface area contributed by atoms with Crippen LogP contribution >= 0.6 is 11.3 Å². The predicted octanol–water partition coefficient (Wildman–Crippen LogP) is 2.58. The zero-order chi connectivity index (χ0) is 10.7. The summed E-state index contributed by atoms with van der Waals surface area (Å²) in [6.07, 6.45) is 3.27. The molecular formula is C12H19NOS. The van der Waals surface area contributed by atoms with Crippen molar-refractivity contribution in [2.45, 2.75) is 32.3 Å². The quantitative estimate of drug-likeness (QED) is 0.851. The highest BCUT2D eigenvalue weighted by Crippen LogP contribution is 2.26. The van der Waals surface area contributed by atoms with Gasteiger partial charge >= 0.3 is 0 Å². The molecule has 2 nitrogen and oxygen atoms in total. The second-order valence-corrected chi connectivity index (χ2v) is 5.27. The summed E-state index contributed by atoms with van der Waals surface area (Å²) in [5.74, 6) is 0. The third-order valence-electron chi connectivity index (χ3n) is 3.12.